The number of benzene rings is 8. The van der Waals surface area contributed by atoms with Crippen LogP contribution in [0.1, 0.15) is 212 Å². The molecule has 3 atom stereocenters. The van der Waals surface area contributed by atoms with Crippen molar-refractivity contribution in [1.82, 2.24) is 0 Å². The second-order valence-electron chi connectivity index (χ2n) is 30.7. The van der Waals surface area contributed by atoms with Gasteiger partial charge in [-0.15, -0.1) is 5.69 Å². The fourth-order valence-electron chi connectivity index (χ4n) is 12.7. The van der Waals surface area contributed by atoms with E-state index in [0.717, 1.165) is 16.8 Å². The van der Waals surface area contributed by atoms with Crippen molar-refractivity contribution in [3.63, 3.8) is 0 Å². The molecule has 0 amide bonds. The van der Waals surface area contributed by atoms with E-state index >= 15 is 0 Å². The summed E-state index contributed by atoms with van der Waals surface area (Å²) in [6, 6.07) is 79.9. The fourth-order valence-corrected chi connectivity index (χ4v) is 27.8. The molecule has 0 fully saturated rings. The third kappa shape index (κ3) is 43.1. The molecule has 0 spiro atoms. The number of halogens is 7. The molecule has 8 rings (SSSR count). The summed E-state index contributed by atoms with van der Waals surface area (Å²) in [6.45, 7) is 44.5. The summed E-state index contributed by atoms with van der Waals surface area (Å²) in [4.78, 5) is 23.6. The molecule has 24 heteroatoms. The maximum absolute atomic E-state index is 13.5. The van der Waals surface area contributed by atoms with Crippen molar-refractivity contribution in [2.75, 3.05) is 19.4 Å². The number of hydrogen-bond donors (Lipinski definition) is 3. The number of rotatable bonds is 18. The van der Waals surface area contributed by atoms with Gasteiger partial charge in [0.1, 0.15) is 24.7 Å². The molecule has 0 saturated carbocycles. The molecule has 0 heterocycles. The molecule has 3 unspecified atom stereocenters. The number of para-hydroxylation sites is 1. The number of carbonyl (C=O) groups is 2. The first kappa shape index (κ1) is 136. The molecule has 0 radical (unpaired) electrons. The Morgan fingerprint density at radius 1 is 0.395 bits per heavy atom. The molecular weight excluding hydrogens is 1780 g/mol. The zero-order valence-corrected chi connectivity index (χ0v) is 85.0. The van der Waals surface area contributed by atoms with Gasteiger partial charge >= 0.3 is 65.0 Å². The van der Waals surface area contributed by atoms with Crippen molar-refractivity contribution < 1.29 is 158 Å². The van der Waals surface area contributed by atoms with Crippen LogP contribution >= 0.6 is 31.7 Å². The molecule has 8 nitrogen and oxygen atoms in total. The Hall–Kier alpha value is -3.46. The van der Waals surface area contributed by atoms with Gasteiger partial charge in [-0.25, -0.2) is 9.59 Å². The van der Waals surface area contributed by atoms with Gasteiger partial charge in [-0.05, 0) is 165 Å². The SMILES string of the molecule is CCC.CCC.CCC.CCC.CCOC(=O)C(O)(C[PH+](C(C)(C)C)C(C)(C)C)C(F)(F)F.CCOC(=O)C(O)([PH+](C(C)(C)C)C(C)(C)C)C(F)(F)F.Cc1cccc(C)c1[N-]C(c1ccccc1)[PH+](c1ccccc1)c1ccccc1.OC(c1ccccc1)(c1ccccc1)[PH+](c1ccccc1)c1ccccc1.[CH3-].[CH3-].[CH3-].[CH3-].[Cl-].[Li+].[Ni+2].[Ni].[Ni].[Ni]. The van der Waals surface area contributed by atoms with Gasteiger partial charge in [0.2, 0.25) is 5.34 Å². The molecule has 0 saturated heterocycles. The van der Waals surface area contributed by atoms with E-state index in [1.807, 2.05) is 114 Å². The first-order valence-electron chi connectivity index (χ1n) is 38.2. The predicted molar refractivity (Wildman–Crippen MR) is 490 cm³/mol. The number of aryl methyl sites for hydroxylation is 2. The Morgan fingerprint density at radius 2 is 0.655 bits per heavy atom. The molecule has 0 aromatic heterocycles. The van der Waals surface area contributed by atoms with E-state index in [0.29, 0.717) is 0 Å². The van der Waals surface area contributed by atoms with Crippen LogP contribution in [0, 0.1) is 43.6 Å². The summed E-state index contributed by atoms with van der Waals surface area (Å²) in [5, 5.41) is 36.3. The summed E-state index contributed by atoms with van der Waals surface area (Å²) in [7, 11) is -7.16. The quantitative estimate of drug-likeness (QED) is 0.0257. The van der Waals surface area contributed by atoms with Crippen LogP contribution in [0.25, 0.3) is 5.32 Å². The van der Waals surface area contributed by atoms with Crippen LogP contribution < -0.4 is 52.5 Å². The van der Waals surface area contributed by atoms with Gasteiger partial charge in [-0.3, -0.25) is 0 Å². The van der Waals surface area contributed by atoms with Gasteiger partial charge in [-0.1, -0.05) is 274 Å². The fraction of sp³-hybridized carbons (Fsp3) is 0.432. The van der Waals surface area contributed by atoms with Crippen LogP contribution in [0.15, 0.2) is 231 Å². The summed E-state index contributed by atoms with van der Waals surface area (Å²) in [6.07, 6.45) is -5.73. The van der Waals surface area contributed by atoms with Gasteiger partial charge in [0.15, 0.2) is 0 Å². The Kier molecular flexibility index (Phi) is 75.5. The van der Waals surface area contributed by atoms with E-state index in [4.69, 9.17) is 5.32 Å². The van der Waals surface area contributed by atoms with Crippen LogP contribution in [-0.4, -0.2) is 90.6 Å². The largest absolute Gasteiger partial charge is 2.00 e. The smallest absolute Gasteiger partial charge is 1.00 e. The molecule has 0 aliphatic heterocycles. The van der Waals surface area contributed by atoms with E-state index in [9.17, 15) is 51.3 Å². The second kappa shape index (κ2) is 66.0. The third-order valence-corrected chi connectivity index (χ3v) is 31.0. The zero-order chi connectivity index (χ0) is 83.3. The molecule has 119 heavy (non-hydrogen) atoms. The molecule has 680 valence electrons. The Bertz CT molecular complexity index is 3610. The zero-order valence-electron chi connectivity index (χ0n) is 76.3. The third-order valence-electron chi connectivity index (χ3n) is 16.3. The maximum Gasteiger partial charge on any atom is 2.00 e. The predicted octanol–water partition coefficient (Wildman–Crippen LogP) is 20.3. The summed E-state index contributed by atoms with van der Waals surface area (Å²) in [5.41, 5.74) is 3.28. The van der Waals surface area contributed by atoms with Gasteiger partial charge in [0, 0.05) is 74.3 Å². The number of carbonyl (C=O) groups excluding carboxylic acids is 2. The number of ether oxygens (including phenoxy) is 2. The standard InChI is InChI=1S/C27H25NP.C25H21OP.C14H26F3O3P.C13H24F3O3P.4C3H8.4CH3.ClH.Li.4Ni/c1-21-13-12-14-22(2)26(21)28-27(23-15-6-3-7-16-23)29(24-17-8-4-9-18-24)25-19-10-5-11-20-25;26-25(21-13-5-1-6-14-21,22-15-7-2-8-16-22)27(23-17-9-3-10-18-23)24-19-11-4-12-20-24;1-8-20-10(18)13(19,14(15,16)17)9-21(11(2,3)4)12(5,6)7;1-8-19-9(17)12(18,13(14,15)16)20(10(2,3)4)11(5,6)7;4*1-3-2;;;;;;;;;;/h3-20,27H,1-2H3;1-20,26H;19H,8-9H2,1-7H3;18H,8H2,1-7H3;4*3H2,1-2H3;4*1H3;1H;;;;;/q-1;;;;;;;;4*-1;;+1;;;;+2/p+3. The van der Waals surface area contributed by atoms with Crippen LogP contribution in [0.4, 0.5) is 32.0 Å². The topological polar surface area (TPSA) is 127 Å². The number of esters is 2. The van der Waals surface area contributed by atoms with Crippen molar-refractivity contribution in [3.8, 4) is 0 Å². The van der Waals surface area contributed by atoms with Crippen molar-refractivity contribution in [1.29, 1.82) is 0 Å². The van der Waals surface area contributed by atoms with Crippen molar-refractivity contribution in [3.05, 3.63) is 293 Å². The van der Waals surface area contributed by atoms with Crippen LogP contribution in [0.2, 0.25) is 0 Å². The minimum atomic E-state index is -5.06. The average molecular weight is 1930 g/mol. The number of alkyl halides is 6. The number of hydrogen-bond acceptors (Lipinski definition) is 7. The van der Waals surface area contributed by atoms with Crippen molar-refractivity contribution in [2.45, 2.75) is 247 Å². The van der Waals surface area contributed by atoms with E-state index in [2.05, 4.69) is 236 Å². The molecule has 8 aromatic carbocycles. The molecule has 0 aliphatic rings. The molecular formula is C95H144ClF6LiNNi4O7P4+. The Labute approximate surface area is 781 Å². The summed E-state index contributed by atoms with van der Waals surface area (Å²) in [5.74, 6) is -3.11. The maximum atomic E-state index is 13.5. The van der Waals surface area contributed by atoms with Crippen LogP contribution in [-0.2, 0) is 90.4 Å². The molecule has 0 aliphatic carbocycles. The van der Waals surface area contributed by atoms with E-state index in [1.165, 1.54) is 77.4 Å². The van der Waals surface area contributed by atoms with Crippen molar-refractivity contribution in [2.24, 2.45) is 0 Å². The molecule has 0 bridgehead atoms. The number of nitrogens with zero attached hydrogens (tertiary/aromatic N) is 1. The second-order valence-corrected chi connectivity index (χ2v) is 44.7. The van der Waals surface area contributed by atoms with Crippen molar-refractivity contribution >= 4 is 70.5 Å². The van der Waals surface area contributed by atoms with Crippen LogP contribution in [0.3, 0.4) is 0 Å². The Balaban J connectivity index is -0.000000156. The van der Waals surface area contributed by atoms with Gasteiger partial charge in [0.25, 0.3) is 5.60 Å². The normalized spacial score (nSPS) is 11.9. The van der Waals surface area contributed by atoms with Crippen LogP contribution in [0.5, 0.6) is 0 Å². The first-order chi connectivity index (χ1) is 50.9. The first-order valence-corrected chi connectivity index (χ1v) is 44.4. The summed E-state index contributed by atoms with van der Waals surface area (Å²) >= 11 is 0. The summed E-state index contributed by atoms with van der Waals surface area (Å²) < 4.78 is 89.2. The minimum Gasteiger partial charge on any atom is -1.00 e. The van der Waals surface area contributed by atoms with Gasteiger partial charge in [-0.2, -0.15) is 26.3 Å². The monoisotopic (exact) mass is 1920 g/mol. The molecule has 8 aromatic rings. The number of aliphatic hydroxyl groups is 3. The average Bonchev–Trinajstić information content (AvgIpc) is 0.742. The van der Waals surface area contributed by atoms with E-state index in [1.54, 1.807) is 41.5 Å². The van der Waals surface area contributed by atoms with Gasteiger partial charge < -0.3 is 72.2 Å². The van der Waals surface area contributed by atoms with E-state index in [-0.39, 0.29) is 146 Å². The molecule has 3 N–H and O–H groups in total. The van der Waals surface area contributed by atoms with Gasteiger partial charge in [0.05, 0.1) is 60.3 Å². The van der Waals surface area contributed by atoms with E-state index < -0.39 is 99.0 Å². The minimum absolute atomic E-state index is 0. The Morgan fingerprint density at radius 3 is 0.908 bits per heavy atom.